The summed E-state index contributed by atoms with van der Waals surface area (Å²) in [5.74, 6) is 2.27. The summed E-state index contributed by atoms with van der Waals surface area (Å²) in [7, 11) is 1.67. The number of benzene rings is 2. The van der Waals surface area contributed by atoms with Gasteiger partial charge >= 0.3 is 0 Å². The number of hydrogen-bond donors (Lipinski definition) is 2. The van der Waals surface area contributed by atoms with Crippen LogP contribution >= 0.6 is 11.6 Å². The molecule has 1 heterocycles. The van der Waals surface area contributed by atoms with Crippen molar-refractivity contribution < 1.29 is 4.74 Å². The molecule has 0 aliphatic rings. The Labute approximate surface area is 152 Å². The third-order valence-corrected chi connectivity index (χ3v) is 4.26. The van der Waals surface area contributed by atoms with Crippen molar-refractivity contribution in [2.24, 2.45) is 0 Å². The molecule has 3 aromatic rings. The third kappa shape index (κ3) is 4.19. The Morgan fingerprint density at radius 1 is 1.04 bits per heavy atom. The van der Waals surface area contributed by atoms with Gasteiger partial charge in [0.1, 0.15) is 23.7 Å². The largest absolute Gasteiger partial charge is 0.496 e. The van der Waals surface area contributed by atoms with Gasteiger partial charge in [-0.05, 0) is 30.7 Å². The summed E-state index contributed by atoms with van der Waals surface area (Å²) >= 11 is 6.16. The number of hydrogen-bond acceptors (Lipinski definition) is 5. The minimum Gasteiger partial charge on any atom is -0.496 e. The van der Waals surface area contributed by atoms with Crippen molar-refractivity contribution >= 4 is 28.9 Å². The number of nitrogens with zero attached hydrogens (tertiary/aromatic N) is 2. The fraction of sp³-hybridized carbons (Fsp3) is 0.158. The van der Waals surface area contributed by atoms with Crippen LogP contribution in [0.1, 0.15) is 11.1 Å². The first-order valence-corrected chi connectivity index (χ1v) is 8.25. The fourth-order valence-corrected chi connectivity index (χ4v) is 2.61. The minimum atomic E-state index is 0.608. The summed E-state index contributed by atoms with van der Waals surface area (Å²) in [5.41, 5.74) is 2.96. The lowest BCUT2D eigenvalue weighted by Crippen LogP contribution is -2.04. The molecule has 0 aliphatic carbocycles. The number of para-hydroxylation sites is 1. The van der Waals surface area contributed by atoms with Gasteiger partial charge in [0.25, 0.3) is 0 Å². The first kappa shape index (κ1) is 17.0. The van der Waals surface area contributed by atoms with Gasteiger partial charge in [-0.15, -0.1) is 0 Å². The van der Waals surface area contributed by atoms with E-state index in [1.807, 2.05) is 55.5 Å². The van der Waals surface area contributed by atoms with Crippen LogP contribution in [0.15, 0.2) is 54.9 Å². The molecule has 0 fully saturated rings. The number of rotatable bonds is 6. The molecule has 0 saturated carbocycles. The third-order valence-electron chi connectivity index (χ3n) is 3.85. The van der Waals surface area contributed by atoms with Gasteiger partial charge in [-0.1, -0.05) is 35.9 Å². The molecule has 0 radical (unpaired) electrons. The normalized spacial score (nSPS) is 10.4. The molecule has 128 valence electrons. The van der Waals surface area contributed by atoms with Crippen LogP contribution in [0.2, 0.25) is 5.02 Å². The molecule has 6 heteroatoms. The van der Waals surface area contributed by atoms with Crippen molar-refractivity contribution in [1.29, 1.82) is 0 Å². The predicted octanol–water partition coefficient (Wildman–Crippen LogP) is 4.80. The smallest absolute Gasteiger partial charge is 0.135 e. The first-order chi connectivity index (χ1) is 12.2. The molecular formula is C19H19ClN4O. The molecule has 25 heavy (non-hydrogen) atoms. The molecule has 2 aromatic carbocycles. The van der Waals surface area contributed by atoms with E-state index in [-0.39, 0.29) is 0 Å². The number of anilines is 3. The highest BCUT2D eigenvalue weighted by Gasteiger charge is 2.06. The highest BCUT2D eigenvalue weighted by atomic mass is 35.5. The highest BCUT2D eigenvalue weighted by molar-refractivity contribution is 6.31. The molecule has 5 nitrogen and oxygen atoms in total. The second-order valence-electron chi connectivity index (χ2n) is 5.49. The zero-order valence-electron chi connectivity index (χ0n) is 14.1. The summed E-state index contributed by atoms with van der Waals surface area (Å²) in [6, 6.07) is 15.5. The van der Waals surface area contributed by atoms with Crippen LogP contribution in [0.4, 0.5) is 17.3 Å². The number of methoxy groups -OCH3 is 1. The summed E-state index contributed by atoms with van der Waals surface area (Å²) in [6.07, 6.45) is 1.52. The number of ether oxygens (including phenoxy) is 1. The van der Waals surface area contributed by atoms with Gasteiger partial charge in [-0.25, -0.2) is 9.97 Å². The molecule has 3 rings (SSSR count). The Morgan fingerprint density at radius 3 is 2.68 bits per heavy atom. The molecule has 0 saturated heterocycles. The summed E-state index contributed by atoms with van der Waals surface area (Å²) in [5, 5.41) is 7.28. The Morgan fingerprint density at radius 2 is 1.84 bits per heavy atom. The number of nitrogens with one attached hydrogen (secondary N) is 2. The Kier molecular flexibility index (Phi) is 5.36. The van der Waals surface area contributed by atoms with Crippen LogP contribution in [0.25, 0.3) is 0 Å². The van der Waals surface area contributed by atoms with Crippen LogP contribution in [0, 0.1) is 6.92 Å². The average Bonchev–Trinajstić information content (AvgIpc) is 2.64. The summed E-state index contributed by atoms with van der Waals surface area (Å²) in [4.78, 5) is 8.53. The Bertz CT molecular complexity index is 870. The number of halogens is 1. The Balaban J connectivity index is 1.72. The van der Waals surface area contributed by atoms with E-state index >= 15 is 0 Å². The van der Waals surface area contributed by atoms with E-state index in [1.54, 1.807) is 7.11 Å². The van der Waals surface area contributed by atoms with Crippen molar-refractivity contribution in [2.75, 3.05) is 17.7 Å². The number of aromatic nitrogens is 2. The maximum atomic E-state index is 6.16. The maximum absolute atomic E-state index is 6.16. The molecule has 0 atom stereocenters. The van der Waals surface area contributed by atoms with Crippen molar-refractivity contribution in [2.45, 2.75) is 13.5 Å². The van der Waals surface area contributed by atoms with Gasteiger partial charge in [0.2, 0.25) is 0 Å². The average molecular weight is 355 g/mol. The molecule has 1 aromatic heterocycles. The van der Waals surface area contributed by atoms with Crippen molar-refractivity contribution in [3.8, 4) is 5.75 Å². The highest BCUT2D eigenvalue weighted by Crippen LogP contribution is 2.26. The first-order valence-electron chi connectivity index (χ1n) is 7.87. The van der Waals surface area contributed by atoms with Crippen LogP contribution in [0.3, 0.4) is 0 Å². The standard InChI is InChI=1S/C19H19ClN4O/c1-13-15(20)7-5-8-16(13)24-19-10-18(22-12-23-19)21-11-14-6-3-4-9-17(14)25-2/h3-10,12H,11H2,1-2H3,(H2,21,22,23,24). The van der Waals surface area contributed by atoms with Gasteiger partial charge in [0.15, 0.2) is 0 Å². The molecule has 0 bridgehead atoms. The topological polar surface area (TPSA) is 59.1 Å². The van der Waals surface area contributed by atoms with Crippen molar-refractivity contribution in [3.63, 3.8) is 0 Å². The molecular weight excluding hydrogens is 336 g/mol. The minimum absolute atomic E-state index is 0.608. The van der Waals surface area contributed by atoms with Crippen LogP contribution in [-0.2, 0) is 6.54 Å². The van der Waals surface area contributed by atoms with Crippen molar-refractivity contribution in [1.82, 2.24) is 9.97 Å². The van der Waals surface area contributed by atoms with Crippen LogP contribution < -0.4 is 15.4 Å². The molecule has 0 spiro atoms. The second-order valence-corrected chi connectivity index (χ2v) is 5.90. The predicted molar refractivity (Wildman–Crippen MR) is 102 cm³/mol. The molecule has 0 unspecified atom stereocenters. The monoisotopic (exact) mass is 354 g/mol. The van der Waals surface area contributed by atoms with E-state index in [9.17, 15) is 0 Å². The lowest BCUT2D eigenvalue weighted by atomic mass is 10.2. The van der Waals surface area contributed by atoms with Gasteiger partial charge in [-0.3, -0.25) is 0 Å². The van der Waals surface area contributed by atoms with Crippen LogP contribution in [-0.4, -0.2) is 17.1 Å². The van der Waals surface area contributed by atoms with E-state index in [0.717, 1.165) is 28.4 Å². The van der Waals surface area contributed by atoms with Gasteiger partial charge in [-0.2, -0.15) is 0 Å². The summed E-state index contributed by atoms with van der Waals surface area (Å²) in [6.45, 7) is 2.57. The van der Waals surface area contributed by atoms with Crippen molar-refractivity contribution in [3.05, 3.63) is 71.0 Å². The van der Waals surface area contributed by atoms with Gasteiger partial charge in [0.05, 0.1) is 7.11 Å². The van der Waals surface area contributed by atoms with E-state index < -0.39 is 0 Å². The zero-order valence-corrected chi connectivity index (χ0v) is 14.8. The SMILES string of the molecule is COc1ccccc1CNc1cc(Nc2cccc(Cl)c2C)ncn1. The summed E-state index contributed by atoms with van der Waals surface area (Å²) < 4.78 is 5.36. The Hall–Kier alpha value is -2.79. The quantitative estimate of drug-likeness (QED) is 0.665. The van der Waals surface area contributed by atoms with E-state index in [1.165, 1.54) is 6.33 Å². The van der Waals surface area contributed by atoms with Gasteiger partial charge in [0, 0.05) is 28.9 Å². The van der Waals surface area contributed by atoms with E-state index in [2.05, 4.69) is 20.6 Å². The molecule has 2 N–H and O–H groups in total. The van der Waals surface area contributed by atoms with Gasteiger partial charge < -0.3 is 15.4 Å². The lowest BCUT2D eigenvalue weighted by molar-refractivity contribution is 0.410. The zero-order chi connectivity index (χ0) is 17.6. The lowest BCUT2D eigenvalue weighted by Gasteiger charge is -2.12. The molecule has 0 aliphatic heterocycles. The molecule has 0 amide bonds. The fourth-order valence-electron chi connectivity index (χ4n) is 2.44. The van der Waals surface area contributed by atoms with E-state index in [0.29, 0.717) is 17.4 Å². The van der Waals surface area contributed by atoms with Crippen LogP contribution in [0.5, 0.6) is 5.75 Å². The maximum Gasteiger partial charge on any atom is 0.135 e. The second kappa shape index (κ2) is 7.85. The van der Waals surface area contributed by atoms with E-state index in [4.69, 9.17) is 16.3 Å².